The van der Waals surface area contributed by atoms with Crippen molar-refractivity contribution in [2.24, 2.45) is 5.92 Å². The van der Waals surface area contributed by atoms with Gasteiger partial charge >= 0.3 is 6.09 Å². The molecule has 2 fully saturated rings. The lowest BCUT2D eigenvalue weighted by molar-refractivity contribution is 0.0469. The highest BCUT2D eigenvalue weighted by atomic mass is 16.6. The molecule has 0 saturated carbocycles. The fourth-order valence-electron chi connectivity index (χ4n) is 5.41. The first-order valence-electron chi connectivity index (χ1n) is 12.8. The number of ether oxygens (including phenoxy) is 3. The smallest absolute Gasteiger partial charge is 0.410 e. The third kappa shape index (κ3) is 5.85. The van der Waals surface area contributed by atoms with Crippen molar-refractivity contribution in [3.63, 3.8) is 0 Å². The first-order chi connectivity index (χ1) is 17.6. The van der Waals surface area contributed by atoms with Crippen LogP contribution in [0.3, 0.4) is 0 Å². The van der Waals surface area contributed by atoms with Gasteiger partial charge in [0.05, 0.1) is 17.7 Å². The third-order valence-electron chi connectivity index (χ3n) is 7.45. The number of cyclic esters (lactones) is 1. The molecule has 0 aliphatic carbocycles. The minimum absolute atomic E-state index is 0.0327. The van der Waals surface area contributed by atoms with E-state index in [-0.39, 0.29) is 24.0 Å². The van der Waals surface area contributed by atoms with Crippen molar-refractivity contribution in [1.29, 1.82) is 5.26 Å². The van der Waals surface area contributed by atoms with Crippen LogP contribution in [0.15, 0.2) is 42.5 Å². The lowest BCUT2D eigenvalue weighted by atomic mass is 9.92. The summed E-state index contributed by atoms with van der Waals surface area (Å²) < 4.78 is 17.3. The molecule has 3 heterocycles. The lowest BCUT2D eigenvalue weighted by Gasteiger charge is -2.36. The largest absolute Gasteiger partial charge is 0.508 e. The number of likely N-dealkylation sites (tertiary alicyclic amines) is 1. The van der Waals surface area contributed by atoms with Crippen LogP contribution in [0.25, 0.3) is 0 Å². The molecule has 1 N–H and O–H groups in total. The second-order valence-electron chi connectivity index (χ2n) is 10.0. The second kappa shape index (κ2) is 11.1. The highest BCUT2D eigenvalue weighted by molar-refractivity contribution is 5.70. The number of phenolic OH excluding ortho intramolecular Hbond substituents is 1. The van der Waals surface area contributed by atoms with Gasteiger partial charge in [-0.3, -0.25) is 4.90 Å². The minimum atomic E-state index is -0.216. The standard InChI is InChI=1S/C28H33N3O5/c29-16-22-5-8-26-27(15-22)36-25(19-34-26)17-30-12-9-20(10-13-30)2-1-11-31-23(18-35-28(31)33)14-21-3-6-24(32)7-4-21/h3-8,15,20,23,25,32H,1-2,9-14,17-19H2/t23-,25-/m0/s1. The van der Waals surface area contributed by atoms with Crippen LogP contribution in [-0.4, -0.2) is 72.5 Å². The van der Waals surface area contributed by atoms with E-state index in [1.54, 1.807) is 30.3 Å². The van der Waals surface area contributed by atoms with E-state index in [9.17, 15) is 9.90 Å². The molecule has 1 amide bonds. The number of fused-ring (bicyclic) bond motifs is 1. The maximum atomic E-state index is 12.3. The Morgan fingerprint density at radius 2 is 1.83 bits per heavy atom. The maximum Gasteiger partial charge on any atom is 0.410 e. The van der Waals surface area contributed by atoms with Crippen molar-refractivity contribution in [2.45, 2.75) is 44.2 Å². The van der Waals surface area contributed by atoms with E-state index in [0.717, 1.165) is 63.8 Å². The molecule has 0 spiro atoms. The molecule has 3 aliphatic rings. The first-order valence-corrected chi connectivity index (χ1v) is 12.8. The van der Waals surface area contributed by atoms with Gasteiger partial charge in [-0.05, 0) is 80.9 Å². The molecule has 2 aromatic carbocycles. The number of carbonyl (C=O) groups excluding carboxylic acids is 1. The molecule has 0 aromatic heterocycles. The third-order valence-corrected chi connectivity index (χ3v) is 7.45. The molecule has 5 rings (SSSR count). The number of rotatable bonds is 8. The Kier molecular flexibility index (Phi) is 7.47. The topological polar surface area (TPSA) is 95.3 Å². The highest BCUT2D eigenvalue weighted by Crippen LogP contribution is 2.33. The number of hydrogen-bond donors (Lipinski definition) is 1. The van der Waals surface area contributed by atoms with Gasteiger partial charge < -0.3 is 24.2 Å². The van der Waals surface area contributed by atoms with E-state index in [1.165, 1.54) is 0 Å². The number of carbonyl (C=O) groups is 1. The average molecular weight is 492 g/mol. The monoisotopic (exact) mass is 491 g/mol. The Morgan fingerprint density at radius 3 is 2.61 bits per heavy atom. The van der Waals surface area contributed by atoms with Crippen LogP contribution in [-0.2, 0) is 11.2 Å². The summed E-state index contributed by atoms with van der Waals surface area (Å²) in [6.07, 6.45) is 4.86. The molecule has 0 radical (unpaired) electrons. The van der Waals surface area contributed by atoms with Gasteiger partial charge in [0.25, 0.3) is 0 Å². The summed E-state index contributed by atoms with van der Waals surface area (Å²) in [6.45, 7) is 4.56. The first kappa shape index (κ1) is 24.3. The highest BCUT2D eigenvalue weighted by Gasteiger charge is 2.33. The number of amides is 1. The summed E-state index contributed by atoms with van der Waals surface area (Å²) in [7, 11) is 0. The predicted octanol–water partition coefficient (Wildman–Crippen LogP) is 3.96. The zero-order valence-electron chi connectivity index (χ0n) is 20.5. The Morgan fingerprint density at radius 1 is 1.03 bits per heavy atom. The second-order valence-corrected chi connectivity index (χ2v) is 10.0. The molecule has 8 nitrogen and oxygen atoms in total. The van der Waals surface area contributed by atoms with Gasteiger partial charge in [-0.25, -0.2) is 4.79 Å². The maximum absolute atomic E-state index is 12.3. The Labute approximate surface area is 212 Å². The molecule has 3 aliphatic heterocycles. The van der Waals surface area contributed by atoms with Gasteiger partial charge in [-0.2, -0.15) is 5.26 Å². The molecule has 2 atom stereocenters. The van der Waals surface area contributed by atoms with Crippen molar-refractivity contribution in [1.82, 2.24) is 9.80 Å². The summed E-state index contributed by atoms with van der Waals surface area (Å²) in [5.41, 5.74) is 1.67. The number of phenols is 1. The fraction of sp³-hybridized carbons (Fsp3) is 0.500. The predicted molar refractivity (Wildman–Crippen MR) is 133 cm³/mol. The number of benzene rings is 2. The van der Waals surface area contributed by atoms with Gasteiger partial charge in [0.15, 0.2) is 11.5 Å². The molecule has 36 heavy (non-hydrogen) atoms. The van der Waals surface area contributed by atoms with Gasteiger partial charge in [0.2, 0.25) is 0 Å². The summed E-state index contributed by atoms with van der Waals surface area (Å²) in [5, 5.41) is 18.6. The van der Waals surface area contributed by atoms with Gasteiger partial charge in [-0.1, -0.05) is 12.1 Å². The molecule has 2 saturated heterocycles. The molecule has 190 valence electrons. The van der Waals surface area contributed by atoms with Gasteiger partial charge in [-0.15, -0.1) is 0 Å². The summed E-state index contributed by atoms with van der Waals surface area (Å²) >= 11 is 0. The van der Waals surface area contributed by atoms with Crippen molar-refractivity contribution in [3.8, 4) is 23.3 Å². The van der Waals surface area contributed by atoms with Crippen LogP contribution in [0.1, 0.15) is 36.8 Å². The zero-order chi connectivity index (χ0) is 24.9. The van der Waals surface area contributed by atoms with Crippen LogP contribution in [0.5, 0.6) is 17.2 Å². The van der Waals surface area contributed by atoms with E-state index < -0.39 is 0 Å². The van der Waals surface area contributed by atoms with Crippen LogP contribution < -0.4 is 9.47 Å². The number of nitriles is 1. The molecule has 8 heteroatoms. The number of nitrogens with zero attached hydrogens (tertiary/aromatic N) is 3. The van der Waals surface area contributed by atoms with E-state index in [1.807, 2.05) is 17.0 Å². The number of piperidine rings is 1. The van der Waals surface area contributed by atoms with Gasteiger partial charge in [0.1, 0.15) is 25.1 Å². The molecular formula is C28H33N3O5. The Hall–Kier alpha value is -3.44. The van der Waals surface area contributed by atoms with Crippen molar-refractivity contribution in [3.05, 3.63) is 53.6 Å². The van der Waals surface area contributed by atoms with Crippen LogP contribution in [0, 0.1) is 17.2 Å². The molecular weight excluding hydrogens is 458 g/mol. The lowest BCUT2D eigenvalue weighted by Crippen LogP contribution is -2.44. The van der Waals surface area contributed by atoms with Crippen LogP contribution in [0.4, 0.5) is 4.79 Å². The Balaban J connectivity index is 1.03. The molecule has 2 aromatic rings. The molecule has 0 bridgehead atoms. The van der Waals surface area contributed by atoms with E-state index in [0.29, 0.717) is 36.2 Å². The van der Waals surface area contributed by atoms with E-state index in [4.69, 9.17) is 19.5 Å². The number of hydrogen-bond acceptors (Lipinski definition) is 7. The Bertz CT molecular complexity index is 1090. The van der Waals surface area contributed by atoms with Crippen LogP contribution in [0.2, 0.25) is 0 Å². The summed E-state index contributed by atoms with van der Waals surface area (Å²) in [4.78, 5) is 16.6. The van der Waals surface area contributed by atoms with E-state index in [2.05, 4.69) is 11.0 Å². The quantitative estimate of drug-likeness (QED) is 0.597. The molecule has 0 unspecified atom stereocenters. The van der Waals surface area contributed by atoms with Crippen LogP contribution >= 0.6 is 0 Å². The average Bonchev–Trinajstić information content (AvgIpc) is 3.24. The number of aromatic hydroxyl groups is 1. The summed E-state index contributed by atoms with van der Waals surface area (Å²) in [5.74, 6) is 2.28. The summed E-state index contributed by atoms with van der Waals surface area (Å²) in [6, 6.07) is 14.7. The SMILES string of the molecule is N#Cc1ccc2c(c1)O[C@@H](CN1CCC(CCCN3C(=O)OC[C@@H]3Cc3ccc(O)cc3)CC1)CO2. The minimum Gasteiger partial charge on any atom is -0.508 e. The zero-order valence-corrected chi connectivity index (χ0v) is 20.5. The normalized spacial score (nSPS) is 22.3. The van der Waals surface area contributed by atoms with E-state index >= 15 is 0 Å². The van der Waals surface area contributed by atoms with Crippen molar-refractivity contribution in [2.75, 3.05) is 39.4 Å². The van der Waals surface area contributed by atoms with Crippen molar-refractivity contribution >= 4 is 6.09 Å². The van der Waals surface area contributed by atoms with Crippen molar-refractivity contribution < 1.29 is 24.1 Å². The van der Waals surface area contributed by atoms with Gasteiger partial charge in [0, 0.05) is 19.2 Å². The fourth-order valence-corrected chi connectivity index (χ4v) is 5.41.